The number of rotatable bonds is 6. The zero-order chi connectivity index (χ0) is 21.1. The van der Waals surface area contributed by atoms with Crippen molar-refractivity contribution in [2.45, 2.75) is 39.0 Å². The number of ketones is 2. The summed E-state index contributed by atoms with van der Waals surface area (Å²) in [5.41, 5.74) is 5.16. The van der Waals surface area contributed by atoms with Gasteiger partial charge in [0, 0.05) is 55.8 Å². The molecule has 2 aromatic carbocycles. The number of carbonyl (C=O) groups is 3. The fourth-order valence-electron chi connectivity index (χ4n) is 4.39. The monoisotopic (exact) mass is 404 g/mol. The second-order valence-electron chi connectivity index (χ2n) is 8.23. The summed E-state index contributed by atoms with van der Waals surface area (Å²) >= 11 is 0. The molecule has 0 bridgehead atoms. The van der Waals surface area contributed by atoms with Gasteiger partial charge in [0.25, 0.3) is 0 Å². The van der Waals surface area contributed by atoms with E-state index < -0.39 is 0 Å². The van der Waals surface area contributed by atoms with Crippen molar-refractivity contribution < 1.29 is 14.4 Å². The maximum atomic E-state index is 12.6. The standard InChI is InChI=1S/C25H28N2O3/c1-18(28)19-7-9-23(10-8-19)26-13-15-27(16-14-26)25(30)12-11-24(29)22-6-5-20-3-2-4-21(20)17-22/h5-10,17H,2-4,11-16H2,1H3. The zero-order valence-corrected chi connectivity index (χ0v) is 17.5. The van der Waals surface area contributed by atoms with Gasteiger partial charge in [0.05, 0.1) is 0 Å². The number of anilines is 1. The van der Waals surface area contributed by atoms with Crippen LogP contribution in [0.5, 0.6) is 0 Å². The molecule has 0 atom stereocenters. The topological polar surface area (TPSA) is 57.7 Å². The molecule has 1 fully saturated rings. The highest BCUT2D eigenvalue weighted by Gasteiger charge is 2.22. The van der Waals surface area contributed by atoms with Gasteiger partial charge < -0.3 is 9.80 Å². The Kier molecular flexibility index (Phi) is 5.98. The number of aryl methyl sites for hydroxylation is 2. The van der Waals surface area contributed by atoms with Crippen LogP contribution in [0.2, 0.25) is 0 Å². The van der Waals surface area contributed by atoms with E-state index in [0.29, 0.717) is 18.7 Å². The Morgan fingerprint density at radius 1 is 0.800 bits per heavy atom. The molecule has 1 heterocycles. The second kappa shape index (κ2) is 8.82. The van der Waals surface area contributed by atoms with E-state index in [1.54, 1.807) is 6.92 Å². The van der Waals surface area contributed by atoms with Crippen LogP contribution in [-0.2, 0) is 17.6 Å². The number of benzene rings is 2. The van der Waals surface area contributed by atoms with Crippen molar-refractivity contribution in [3.05, 3.63) is 64.7 Å². The van der Waals surface area contributed by atoms with Crippen LogP contribution in [0.1, 0.15) is 58.0 Å². The first kappa shape index (κ1) is 20.3. The van der Waals surface area contributed by atoms with Crippen molar-refractivity contribution in [1.29, 1.82) is 0 Å². The Morgan fingerprint density at radius 2 is 1.47 bits per heavy atom. The molecule has 4 rings (SSSR count). The lowest BCUT2D eigenvalue weighted by Crippen LogP contribution is -2.48. The van der Waals surface area contributed by atoms with Crippen LogP contribution in [-0.4, -0.2) is 48.6 Å². The Bertz CT molecular complexity index is 957. The van der Waals surface area contributed by atoms with Crippen LogP contribution in [0.15, 0.2) is 42.5 Å². The van der Waals surface area contributed by atoms with Gasteiger partial charge in [-0.25, -0.2) is 0 Å². The van der Waals surface area contributed by atoms with Gasteiger partial charge in [0.15, 0.2) is 11.6 Å². The van der Waals surface area contributed by atoms with Gasteiger partial charge in [-0.3, -0.25) is 14.4 Å². The predicted octanol–water partition coefficient (Wildman–Crippen LogP) is 3.69. The summed E-state index contributed by atoms with van der Waals surface area (Å²) in [5, 5.41) is 0. The molecule has 30 heavy (non-hydrogen) atoms. The normalized spacial score (nSPS) is 15.8. The minimum Gasteiger partial charge on any atom is -0.368 e. The summed E-state index contributed by atoms with van der Waals surface area (Å²) in [6.45, 7) is 4.38. The summed E-state index contributed by atoms with van der Waals surface area (Å²) in [5.74, 6) is 0.171. The summed E-state index contributed by atoms with van der Waals surface area (Å²) in [6.07, 6.45) is 3.86. The lowest BCUT2D eigenvalue weighted by molar-refractivity contribution is -0.131. The molecule has 2 aliphatic rings. The molecule has 0 spiro atoms. The van der Waals surface area contributed by atoms with Gasteiger partial charge in [-0.05, 0) is 67.6 Å². The van der Waals surface area contributed by atoms with E-state index >= 15 is 0 Å². The summed E-state index contributed by atoms with van der Waals surface area (Å²) in [6, 6.07) is 13.6. The highest BCUT2D eigenvalue weighted by molar-refractivity contribution is 5.98. The van der Waals surface area contributed by atoms with E-state index in [0.717, 1.165) is 43.6 Å². The molecule has 1 saturated heterocycles. The average molecular weight is 405 g/mol. The lowest BCUT2D eigenvalue weighted by atomic mass is 10.0. The number of Topliss-reactive ketones (excluding diaryl/α,β-unsaturated/α-hetero) is 2. The molecule has 0 N–H and O–H groups in total. The number of amides is 1. The van der Waals surface area contributed by atoms with E-state index in [-0.39, 0.29) is 30.3 Å². The summed E-state index contributed by atoms with van der Waals surface area (Å²) in [7, 11) is 0. The van der Waals surface area contributed by atoms with Crippen LogP contribution in [0.25, 0.3) is 0 Å². The first-order valence-electron chi connectivity index (χ1n) is 10.8. The van der Waals surface area contributed by atoms with Crippen molar-refractivity contribution in [3.8, 4) is 0 Å². The smallest absolute Gasteiger partial charge is 0.223 e. The van der Waals surface area contributed by atoms with Gasteiger partial charge in [-0.15, -0.1) is 0 Å². The summed E-state index contributed by atoms with van der Waals surface area (Å²) in [4.78, 5) is 40.6. The van der Waals surface area contributed by atoms with Gasteiger partial charge in [0.2, 0.25) is 5.91 Å². The van der Waals surface area contributed by atoms with Crippen molar-refractivity contribution in [2.75, 3.05) is 31.1 Å². The Labute approximate surface area is 177 Å². The maximum Gasteiger partial charge on any atom is 0.223 e. The first-order chi connectivity index (χ1) is 14.5. The van der Waals surface area contributed by atoms with E-state index in [2.05, 4.69) is 11.0 Å². The highest BCUT2D eigenvalue weighted by Crippen LogP contribution is 2.24. The molecule has 1 aliphatic carbocycles. The van der Waals surface area contributed by atoms with Crippen molar-refractivity contribution in [2.24, 2.45) is 0 Å². The van der Waals surface area contributed by atoms with Gasteiger partial charge in [-0.1, -0.05) is 12.1 Å². The fraction of sp³-hybridized carbons (Fsp3) is 0.400. The third kappa shape index (κ3) is 4.45. The SMILES string of the molecule is CC(=O)c1ccc(N2CCN(C(=O)CCC(=O)c3ccc4c(c3)CCC4)CC2)cc1. The van der Waals surface area contributed by atoms with Crippen LogP contribution in [0, 0.1) is 0 Å². The number of carbonyl (C=O) groups excluding carboxylic acids is 3. The van der Waals surface area contributed by atoms with Gasteiger partial charge >= 0.3 is 0 Å². The number of piperazine rings is 1. The van der Waals surface area contributed by atoms with Gasteiger partial charge in [0.1, 0.15) is 0 Å². The fourth-order valence-corrected chi connectivity index (χ4v) is 4.39. The molecule has 1 aliphatic heterocycles. The van der Waals surface area contributed by atoms with E-state index in [4.69, 9.17) is 0 Å². The van der Waals surface area contributed by atoms with Crippen LogP contribution < -0.4 is 4.90 Å². The van der Waals surface area contributed by atoms with Crippen molar-refractivity contribution in [1.82, 2.24) is 4.90 Å². The van der Waals surface area contributed by atoms with E-state index in [1.165, 1.54) is 11.1 Å². The quantitative estimate of drug-likeness (QED) is 0.689. The molecular formula is C25H28N2O3. The molecule has 1 amide bonds. The average Bonchev–Trinajstić information content (AvgIpc) is 3.25. The number of hydrogen-bond acceptors (Lipinski definition) is 4. The molecule has 2 aromatic rings. The zero-order valence-electron chi connectivity index (χ0n) is 17.5. The molecule has 5 nitrogen and oxygen atoms in total. The van der Waals surface area contributed by atoms with Crippen LogP contribution >= 0.6 is 0 Å². The van der Waals surface area contributed by atoms with Crippen molar-refractivity contribution in [3.63, 3.8) is 0 Å². The molecule has 0 unspecified atom stereocenters. The number of nitrogens with zero attached hydrogens (tertiary/aromatic N) is 2. The second-order valence-corrected chi connectivity index (χ2v) is 8.23. The lowest BCUT2D eigenvalue weighted by Gasteiger charge is -2.36. The first-order valence-corrected chi connectivity index (χ1v) is 10.8. The third-order valence-corrected chi connectivity index (χ3v) is 6.26. The predicted molar refractivity (Wildman–Crippen MR) is 117 cm³/mol. The van der Waals surface area contributed by atoms with Crippen molar-refractivity contribution >= 4 is 23.2 Å². The molecular weight excluding hydrogens is 376 g/mol. The maximum absolute atomic E-state index is 12.6. The van der Waals surface area contributed by atoms with E-state index in [9.17, 15) is 14.4 Å². The molecule has 156 valence electrons. The molecule has 5 heteroatoms. The minimum atomic E-state index is 0.0519. The third-order valence-electron chi connectivity index (χ3n) is 6.26. The molecule has 0 saturated carbocycles. The minimum absolute atomic E-state index is 0.0519. The van der Waals surface area contributed by atoms with E-state index in [1.807, 2.05) is 41.3 Å². The number of hydrogen-bond donors (Lipinski definition) is 0. The summed E-state index contributed by atoms with van der Waals surface area (Å²) < 4.78 is 0. The Balaban J connectivity index is 1.26. The molecule has 0 radical (unpaired) electrons. The molecule has 0 aromatic heterocycles. The highest BCUT2D eigenvalue weighted by atomic mass is 16.2. The van der Waals surface area contributed by atoms with Crippen LogP contribution in [0.4, 0.5) is 5.69 Å². The van der Waals surface area contributed by atoms with Crippen LogP contribution in [0.3, 0.4) is 0 Å². The largest absolute Gasteiger partial charge is 0.368 e. The Morgan fingerprint density at radius 3 is 2.17 bits per heavy atom. The van der Waals surface area contributed by atoms with Gasteiger partial charge in [-0.2, -0.15) is 0 Å². The Hall–Kier alpha value is -2.95. The number of fused-ring (bicyclic) bond motifs is 1.